The molecule has 0 aromatic rings. The summed E-state index contributed by atoms with van der Waals surface area (Å²) in [5, 5.41) is 9.43. The van der Waals surface area contributed by atoms with E-state index in [1.807, 2.05) is 0 Å². The molecular formula is C25H38N2O5S. The SMILES string of the molecule is C=CCCCOC(=O)[C@@H]1[C@@H]2CCC3(S2)C(C(=O)N(CC=C)CCCC)N(CCCO)C(=O)[C@H]13. The molecule has 2 amide bonds. The first-order chi connectivity index (χ1) is 16.0. The molecule has 1 spiro atoms. The predicted octanol–water partition coefficient (Wildman–Crippen LogP) is 2.78. The summed E-state index contributed by atoms with van der Waals surface area (Å²) in [6.07, 6.45) is 8.77. The Morgan fingerprint density at radius 3 is 2.76 bits per heavy atom. The number of aliphatic hydroxyl groups excluding tert-OH is 1. The minimum atomic E-state index is -0.619. The third-order valence-electron chi connectivity index (χ3n) is 7.10. The summed E-state index contributed by atoms with van der Waals surface area (Å²) in [5.41, 5.74) is 0. The van der Waals surface area contributed by atoms with Gasteiger partial charge in [0.15, 0.2) is 0 Å². The van der Waals surface area contributed by atoms with E-state index in [9.17, 15) is 19.5 Å². The van der Waals surface area contributed by atoms with Gasteiger partial charge in [-0.3, -0.25) is 14.4 Å². The molecule has 0 aromatic heterocycles. The lowest BCUT2D eigenvalue weighted by molar-refractivity contribution is -0.154. The van der Waals surface area contributed by atoms with E-state index in [1.165, 1.54) is 0 Å². The number of esters is 1. The Morgan fingerprint density at radius 2 is 2.09 bits per heavy atom. The molecular weight excluding hydrogens is 440 g/mol. The molecule has 0 aliphatic carbocycles. The highest BCUT2D eigenvalue weighted by atomic mass is 32.2. The lowest BCUT2D eigenvalue weighted by Crippen LogP contribution is -2.55. The number of likely N-dealkylation sites (tertiary alicyclic amines) is 1. The van der Waals surface area contributed by atoms with E-state index in [0.717, 1.165) is 32.1 Å². The average molecular weight is 479 g/mol. The molecule has 0 aromatic carbocycles. The van der Waals surface area contributed by atoms with E-state index >= 15 is 0 Å². The predicted molar refractivity (Wildman–Crippen MR) is 130 cm³/mol. The van der Waals surface area contributed by atoms with Crippen LogP contribution in [0, 0.1) is 11.8 Å². The van der Waals surface area contributed by atoms with Gasteiger partial charge in [0.2, 0.25) is 11.8 Å². The number of allylic oxidation sites excluding steroid dienone is 1. The number of carbonyl (C=O) groups is 3. The number of nitrogens with zero attached hydrogens (tertiary/aromatic N) is 2. The van der Waals surface area contributed by atoms with E-state index in [4.69, 9.17) is 4.74 Å². The summed E-state index contributed by atoms with van der Waals surface area (Å²) in [7, 11) is 0. The number of fused-ring (bicyclic) bond motifs is 1. The quantitative estimate of drug-likeness (QED) is 0.235. The van der Waals surface area contributed by atoms with Crippen molar-refractivity contribution >= 4 is 29.5 Å². The van der Waals surface area contributed by atoms with E-state index in [0.29, 0.717) is 39.1 Å². The van der Waals surface area contributed by atoms with Crippen molar-refractivity contribution in [2.75, 3.05) is 32.8 Å². The maximum atomic E-state index is 13.9. The fraction of sp³-hybridized carbons (Fsp3) is 0.720. The molecule has 33 heavy (non-hydrogen) atoms. The van der Waals surface area contributed by atoms with Crippen molar-refractivity contribution in [3.05, 3.63) is 25.3 Å². The highest BCUT2D eigenvalue weighted by Crippen LogP contribution is 2.66. The maximum Gasteiger partial charge on any atom is 0.310 e. The zero-order valence-corrected chi connectivity index (χ0v) is 20.6. The second-order valence-electron chi connectivity index (χ2n) is 9.19. The number of carbonyl (C=O) groups excluding carboxylic acids is 3. The Labute approximate surface area is 201 Å². The van der Waals surface area contributed by atoms with Crippen molar-refractivity contribution in [2.24, 2.45) is 11.8 Å². The molecule has 184 valence electrons. The van der Waals surface area contributed by atoms with Crippen molar-refractivity contribution < 1.29 is 24.2 Å². The second kappa shape index (κ2) is 11.6. The molecule has 3 saturated heterocycles. The normalized spacial score (nSPS) is 29.8. The third-order valence-corrected chi connectivity index (χ3v) is 9.05. The van der Waals surface area contributed by atoms with Crippen LogP contribution in [0.15, 0.2) is 25.3 Å². The number of hydrogen-bond donors (Lipinski definition) is 1. The summed E-state index contributed by atoms with van der Waals surface area (Å²) >= 11 is 1.65. The summed E-state index contributed by atoms with van der Waals surface area (Å²) < 4.78 is 4.96. The van der Waals surface area contributed by atoms with Crippen molar-refractivity contribution in [1.29, 1.82) is 0 Å². The second-order valence-corrected chi connectivity index (χ2v) is 10.8. The number of aliphatic hydroxyl groups is 1. The Balaban J connectivity index is 1.89. The molecule has 3 rings (SSSR count). The van der Waals surface area contributed by atoms with Crippen LogP contribution in [-0.2, 0) is 19.1 Å². The van der Waals surface area contributed by atoms with Gasteiger partial charge < -0.3 is 19.6 Å². The van der Waals surface area contributed by atoms with Crippen LogP contribution in [0.5, 0.6) is 0 Å². The highest BCUT2D eigenvalue weighted by Gasteiger charge is 2.74. The van der Waals surface area contributed by atoms with Crippen LogP contribution in [0.1, 0.15) is 51.9 Å². The molecule has 0 saturated carbocycles. The van der Waals surface area contributed by atoms with Gasteiger partial charge in [-0.1, -0.05) is 25.5 Å². The Bertz CT molecular complexity index is 759. The standard InChI is InChI=1S/C25H38N2O5S/c1-4-7-9-17-32-24(31)19-18-11-12-25(33-18)20(19)22(29)27(15-10-16-28)21(25)23(30)26(13-6-3)14-8-5-2/h4,6,18-21,28H,1,3,5,7-17H2,2H3/t18-,19+,20-,21?,25?/m0/s1. The number of hydrogen-bond acceptors (Lipinski definition) is 6. The zero-order chi connectivity index (χ0) is 24.0. The number of amides is 2. The van der Waals surface area contributed by atoms with Gasteiger partial charge in [0.1, 0.15) is 6.04 Å². The van der Waals surface area contributed by atoms with Gasteiger partial charge in [-0.25, -0.2) is 0 Å². The average Bonchev–Trinajstić information content (AvgIpc) is 3.45. The van der Waals surface area contributed by atoms with Crippen LogP contribution >= 0.6 is 11.8 Å². The molecule has 3 aliphatic rings. The van der Waals surface area contributed by atoms with Crippen LogP contribution in [0.4, 0.5) is 0 Å². The Kier molecular flexibility index (Phi) is 9.04. The summed E-state index contributed by atoms with van der Waals surface area (Å²) in [6.45, 7) is 11.2. The number of ether oxygens (including phenoxy) is 1. The summed E-state index contributed by atoms with van der Waals surface area (Å²) in [4.78, 5) is 44.1. The lowest BCUT2D eigenvalue weighted by Gasteiger charge is -2.37. The van der Waals surface area contributed by atoms with E-state index in [1.54, 1.807) is 33.7 Å². The van der Waals surface area contributed by atoms with E-state index < -0.39 is 22.6 Å². The molecule has 7 nitrogen and oxygen atoms in total. The maximum absolute atomic E-state index is 13.9. The molecule has 5 atom stereocenters. The Hall–Kier alpha value is -1.80. The molecule has 3 aliphatic heterocycles. The van der Waals surface area contributed by atoms with Crippen molar-refractivity contribution in [3.63, 3.8) is 0 Å². The highest BCUT2D eigenvalue weighted by molar-refractivity contribution is 8.02. The first-order valence-electron chi connectivity index (χ1n) is 12.2. The smallest absolute Gasteiger partial charge is 0.310 e. The van der Waals surface area contributed by atoms with E-state index in [-0.39, 0.29) is 29.6 Å². The largest absolute Gasteiger partial charge is 0.465 e. The number of rotatable bonds is 14. The van der Waals surface area contributed by atoms with Gasteiger partial charge in [-0.2, -0.15) is 0 Å². The van der Waals surface area contributed by atoms with Gasteiger partial charge in [0.25, 0.3) is 0 Å². The minimum absolute atomic E-state index is 0.00430. The van der Waals surface area contributed by atoms with Crippen LogP contribution in [0.3, 0.4) is 0 Å². The van der Waals surface area contributed by atoms with Gasteiger partial charge in [0, 0.05) is 31.5 Å². The van der Waals surface area contributed by atoms with Crippen LogP contribution in [-0.4, -0.2) is 81.6 Å². The van der Waals surface area contributed by atoms with Crippen molar-refractivity contribution in [1.82, 2.24) is 9.80 Å². The monoisotopic (exact) mass is 478 g/mol. The minimum Gasteiger partial charge on any atom is -0.465 e. The fourth-order valence-electron chi connectivity index (χ4n) is 5.65. The molecule has 2 bridgehead atoms. The molecule has 0 radical (unpaired) electrons. The summed E-state index contributed by atoms with van der Waals surface area (Å²) in [6, 6.07) is -0.619. The van der Waals surface area contributed by atoms with Crippen molar-refractivity contribution in [2.45, 2.75) is 67.9 Å². The molecule has 3 fully saturated rings. The van der Waals surface area contributed by atoms with Gasteiger partial charge in [0.05, 0.1) is 23.2 Å². The lowest BCUT2D eigenvalue weighted by atomic mass is 9.71. The first kappa shape index (κ1) is 25.8. The van der Waals surface area contributed by atoms with Gasteiger partial charge in [-0.05, 0) is 38.5 Å². The molecule has 3 heterocycles. The topological polar surface area (TPSA) is 87.2 Å². The number of thioether (sulfide) groups is 1. The van der Waals surface area contributed by atoms with Crippen LogP contribution < -0.4 is 0 Å². The molecule has 8 heteroatoms. The molecule has 2 unspecified atom stereocenters. The third kappa shape index (κ3) is 4.87. The van der Waals surface area contributed by atoms with Gasteiger partial charge >= 0.3 is 5.97 Å². The fourth-order valence-corrected chi connectivity index (χ4v) is 7.85. The zero-order valence-electron chi connectivity index (χ0n) is 19.7. The number of unbranched alkanes of at least 4 members (excludes halogenated alkanes) is 2. The van der Waals surface area contributed by atoms with E-state index in [2.05, 4.69) is 20.1 Å². The van der Waals surface area contributed by atoms with Crippen LogP contribution in [0.25, 0.3) is 0 Å². The van der Waals surface area contributed by atoms with Crippen LogP contribution in [0.2, 0.25) is 0 Å². The first-order valence-corrected chi connectivity index (χ1v) is 13.1. The summed E-state index contributed by atoms with van der Waals surface area (Å²) in [5.74, 6) is -1.58. The Morgan fingerprint density at radius 1 is 1.30 bits per heavy atom. The van der Waals surface area contributed by atoms with Gasteiger partial charge in [-0.15, -0.1) is 24.9 Å². The molecule has 1 N–H and O–H groups in total. The van der Waals surface area contributed by atoms with Crippen molar-refractivity contribution in [3.8, 4) is 0 Å².